The van der Waals surface area contributed by atoms with Gasteiger partial charge in [-0.25, -0.2) is 4.39 Å². The molecule has 0 aliphatic rings. The molecular formula is C21H18FN3O2. The molecule has 5 nitrogen and oxygen atoms in total. The predicted molar refractivity (Wildman–Crippen MR) is 102 cm³/mol. The molecule has 0 aliphatic heterocycles. The van der Waals surface area contributed by atoms with E-state index in [2.05, 4.69) is 15.6 Å². The third-order valence-corrected chi connectivity index (χ3v) is 3.94. The van der Waals surface area contributed by atoms with Crippen molar-refractivity contribution in [3.63, 3.8) is 0 Å². The average molecular weight is 363 g/mol. The number of hydrogen-bond donors (Lipinski definition) is 2. The SMILES string of the molecule is CC(=O)c1cccc(NC(=O)c2cncc(NCc3ccc(F)cc3)c2)c1. The number of ketones is 1. The number of nitrogens with zero attached hydrogens (tertiary/aromatic N) is 1. The number of aromatic nitrogens is 1. The largest absolute Gasteiger partial charge is 0.380 e. The van der Waals surface area contributed by atoms with Crippen LogP contribution in [-0.4, -0.2) is 16.7 Å². The standard InChI is InChI=1S/C21H18FN3O2/c1-14(26)16-3-2-4-19(9-16)25-21(27)17-10-20(13-23-12-17)24-11-15-5-7-18(22)8-6-15/h2-10,12-13,24H,11H2,1H3,(H,25,27). The molecule has 0 fully saturated rings. The van der Waals surface area contributed by atoms with Gasteiger partial charge in [0.1, 0.15) is 5.82 Å². The minimum atomic E-state index is -0.325. The summed E-state index contributed by atoms with van der Waals surface area (Å²) in [6.45, 7) is 1.95. The molecule has 136 valence electrons. The normalized spacial score (nSPS) is 10.3. The Balaban J connectivity index is 1.67. The summed E-state index contributed by atoms with van der Waals surface area (Å²) in [5.41, 5.74) is 3.03. The highest BCUT2D eigenvalue weighted by Gasteiger charge is 2.09. The summed E-state index contributed by atoms with van der Waals surface area (Å²) < 4.78 is 12.9. The first kappa shape index (κ1) is 18.3. The molecule has 3 rings (SSSR count). The van der Waals surface area contributed by atoms with Crippen LogP contribution < -0.4 is 10.6 Å². The average Bonchev–Trinajstić information content (AvgIpc) is 2.68. The summed E-state index contributed by atoms with van der Waals surface area (Å²) in [6.07, 6.45) is 3.07. The lowest BCUT2D eigenvalue weighted by Gasteiger charge is -2.09. The van der Waals surface area contributed by atoms with Crippen molar-refractivity contribution in [2.45, 2.75) is 13.5 Å². The van der Waals surface area contributed by atoms with Gasteiger partial charge in [-0.3, -0.25) is 14.6 Å². The van der Waals surface area contributed by atoms with E-state index >= 15 is 0 Å². The highest BCUT2D eigenvalue weighted by molar-refractivity contribution is 6.05. The van der Waals surface area contributed by atoms with Gasteiger partial charge in [-0.15, -0.1) is 0 Å². The van der Waals surface area contributed by atoms with Gasteiger partial charge in [0.15, 0.2) is 5.78 Å². The summed E-state index contributed by atoms with van der Waals surface area (Å²) in [4.78, 5) is 28.0. The molecule has 1 aromatic heterocycles. The van der Waals surface area contributed by atoms with Crippen LogP contribution in [0.5, 0.6) is 0 Å². The topological polar surface area (TPSA) is 71.1 Å². The zero-order valence-electron chi connectivity index (χ0n) is 14.7. The van der Waals surface area contributed by atoms with Gasteiger partial charge in [-0.2, -0.15) is 0 Å². The minimum absolute atomic E-state index is 0.0697. The Morgan fingerprint density at radius 3 is 2.44 bits per heavy atom. The second-order valence-corrected chi connectivity index (χ2v) is 6.03. The van der Waals surface area contributed by atoms with E-state index in [4.69, 9.17) is 0 Å². The number of rotatable bonds is 6. The molecule has 2 aromatic carbocycles. The lowest BCUT2D eigenvalue weighted by molar-refractivity contribution is 0.101. The van der Waals surface area contributed by atoms with Crippen molar-refractivity contribution < 1.29 is 14.0 Å². The molecule has 2 N–H and O–H groups in total. The summed E-state index contributed by atoms with van der Waals surface area (Å²) in [5.74, 6) is -0.679. The van der Waals surface area contributed by atoms with Crippen LogP contribution in [0.1, 0.15) is 33.2 Å². The second-order valence-electron chi connectivity index (χ2n) is 6.03. The van der Waals surface area contributed by atoms with Crippen molar-refractivity contribution in [3.8, 4) is 0 Å². The van der Waals surface area contributed by atoms with Crippen LogP contribution >= 0.6 is 0 Å². The number of carbonyl (C=O) groups is 2. The van der Waals surface area contributed by atoms with E-state index in [1.807, 2.05) is 0 Å². The van der Waals surface area contributed by atoms with E-state index in [0.717, 1.165) is 5.56 Å². The first-order valence-electron chi connectivity index (χ1n) is 8.37. The fourth-order valence-electron chi connectivity index (χ4n) is 2.49. The third-order valence-electron chi connectivity index (χ3n) is 3.94. The van der Waals surface area contributed by atoms with E-state index in [1.165, 1.54) is 25.3 Å². The maximum Gasteiger partial charge on any atom is 0.257 e. The molecule has 27 heavy (non-hydrogen) atoms. The fourth-order valence-corrected chi connectivity index (χ4v) is 2.49. The van der Waals surface area contributed by atoms with Crippen LogP contribution in [0.15, 0.2) is 67.0 Å². The van der Waals surface area contributed by atoms with E-state index in [9.17, 15) is 14.0 Å². The first-order chi connectivity index (χ1) is 13.0. The molecule has 1 heterocycles. The maximum absolute atomic E-state index is 12.9. The smallest absolute Gasteiger partial charge is 0.257 e. The summed E-state index contributed by atoms with van der Waals surface area (Å²) >= 11 is 0. The van der Waals surface area contributed by atoms with Crippen LogP contribution in [0.25, 0.3) is 0 Å². The molecule has 0 bridgehead atoms. The van der Waals surface area contributed by atoms with E-state index in [1.54, 1.807) is 48.7 Å². The zero-order valence-corrected chi connectivity index (χ0v) is 14.7. The van der Waals surface area contributed by atoms with Crippen LogP contribution in [0.4, 0.5) is 15.8 Å². The quantitative estimate of drug-likeness (QED) is 0.641. The second kappa shape index (κ2) is 8.23. The Morgan fingerprint density at radius 2 is 1.70 bits per heavy atom. The molecule has 1 amide bonds. The van der Waals surface area contributed by atoms with Gasteiger partial charge in [0.25, 0.3) is 5.91 Å². The van der Waals surface area contributed by atoms with E-state index in [-0.39, 0.29) is 17.5 Å². The molecule has 0 aliphatic carbocycles. The molecule has 3 aromatic rings. The van der Waals surface area contributed by atoms with Crippen LogP contribution in [0.3, 0.4) is 0 Å². The summed E-state index contributed by atoms with van der Waals surface area (Å²) in [7, 11) is 0. The molecular weight excluding hydrogens is 345 g/mol. The van der Waals surface area contributed by atoms with Crippen LogP contribution in [0, 0.1) is 5.82 Å². The summed E-state index contributed by atoms with van der Waals surface area (Å²) in [6, 6.07) is 14.6. The number of amides is 1. The van der Waals surface area contributed by atoms with Gasteiger partial charge >= 0.3 is 0 Å². The van der Waals surface area contributed by atoms with Crippen molar-refractivity contribution in [1.82, 2.24) is 4.98 Å². The van der Waals surface area contributed by atoms with E-state index in [0.29, 0.717) is 29.0 Å². The van der Waals surface area contributed by atoms with Crippen molar-refractivity contribution >= 4 is 23.1 Å². The Morgan fingerprint density at radius 1 is 0.963 bits per heavy atom. The van der Waals surface area contributed by atoms with Crippen molar-refractivity contribution in [2.75, 3.05) is 10.6 Å². The predicted octanol–water partition coefficient (Wildman–Crippen LogP) is 4.29. The van der Waals surface area contributed by atoms with Crippen LogP contribution in [-0.2, 0) is 6.54 Å². The van der Waals surface area contributed by atoms with Gasteiger partial charge in [-0.1, -0.05) is 24.3 Å². The van der Waals surface area contributed by atoms with Crippen LogP contribution in [0.2, 0.25) is 0 Å². The van der Waals surface area contributed by atoms with Crippen molar-refractivity contribution in [3.05, 3.63) is 89.5 Å². The summed E-state index contributed by atoms with van der Waals surface area (Å²) in [5, 5.41) is 5.91. The number of hydrogen-bond acceptors (Lipinski definition) is 4. The van der Waals surface area contributed by atoms with Gasteiger partial charge in [-0.05, 0) is 42.8 Å². The van der Waals surface area contributed by atoms with Gasteiger partial charge in [0, 0.05) is 30.2 Å². The number of nitrogens with one attached hydrogen (secondary N) is 2. The monoisotopic (exact) mass is 363 g/mol. The molecule has 0 unspecified atom stereocenters. The van der Waals surface area contributed by atoms with E-state index < -0.39 is 0 Å². The van der Waals surface area contributed by atoms with Gasteiger partial charge in [0.2, 0.25) is 0 Å². The number of carbonyl (C=O) groups excluding carboxylic acids is 2. The highest BCUT2D eigenvalue weighted by Crippen LogP contribution is 2.15. The third kappa shape index (κ3) is 4.98. The number of benzene rings is 2. The Bertz CT molecular complexity index is 971. The van der Waals surface area contributed by atoms with Crippen molar-refractivity contribution in [1.29, 1.82) is 0 Å². The molecule has 0 radical (unpaired) electrons. The van der Waals surface area contributed by atoms with Gasteiger partial charge in [0.05, 0.1) is 11.3 Å². The number of Topliss-reactive ketones (excluding diaryl/α,β-unsaturated/α-hetero) is 1. The number of anilines is 2. The molecule has 0 spiro atoms. The Hall–Kier alpha value is -3.54. The lowest BCUT2D eigenvalue weighted by atomic mass is 10.1. The molecule has 0 saturated carbocycles. The van der Waals surface area contributed by atoms with Crippen molar-refractivity contribution in [2.24, 2.45) is 0 Å². The Kier molecular flexibility index (Phi) is 5.56. The zero-order chi connectivity index (χ0) is 19.2. The highest BCUT2D eigenvalue weighted by atomic mass is 19.1. The molecule has 6 heteroatoms. The number of pyridine rings is 1. The number of halogens is 1. The first-order valence-corrected chi connectivity index (χ1v) is 8.37. The maximum atomic E-state index is 12.9. The lowest BCUT2D eigenvalue weighted by Crippen LogP contribution is -2.13. The molecule has 0 saturated heterocycles. The minimum Gasteiger partial charge on any atom is -0.380 e. The molecule has 0 atom stereocenters. The fraction of sp³-hybridized carbons (Fsp3) is 0.0952. The Labute approximate surface area is 156 Å². The van der Waals surface area contributed by atoms with Gasteiger partial charge < -0.3 is 10.6 Å².